The topological polar surface area (TPSA) is 76.1 Å². The lowest BCUT2D eigenvalue weighted by Crippen LogP contribution is -2.36. The van der Waals surface area contributed by atoms with Gasteiger partial charge in [0.1, 0.15) is 11.5 Å². The van der Waals surface area contributed by atoms with Crippen molar-refractivity contribution < 1.29 is 24.2 Å². The van der Waals surface area contributed by atoms with Gasteiger partial charge in [-0.3, -0.25) is 9.59 Å². The summed E-state index contributed by atoms with van der Waals surface area (Å²) in [5.41, 5.74) is 1.01. The highest BCUT2D eigenvalue weighted by Crippen LogP contribution is 2.43. The number of fused-ring (bicyclic) bond motifs is 1. The minimum absolute atomic E-state index is 0.00880. The van der Waals surface area contributed by atoms with Crippen LogP contribution in [0.5, 0.6) is 5.75 Å². The fourth-order valence-electron chi connectivity index (χ4n) is 4.85. The zero-order valence-electron chi connectivity index (χ0n) is 18.7. The van der Waals surface area contributed by atoms with Crippen LogP contribution in [0.1, 0.15) is 30.0 Å². The molecule has 0 aromatic heterocycles. The highest BCUT2D eigenvalue weighted by Gasteiger charge is 2.47. The summed E-state index contributed by atoms with van der Waals surface area (Å²) < 4.78 is 11.1. The lowest BCUT2D eigenvalue weighted by atomic mass is 9.91. The average Bonchev–Trinajstić information content (AvgIpc) is 3.46. The molecule has 5 rings (SSSR count). The molecular formula is C27H24ClNO5. The molecule has 0 aliphatic carbocycles. The molecule has 2 fully saturated rings. The maximum absolute atomic E-state index is 13.4. The number of nitrogens with zero attached hydrogens (tertiary/aromatic N) is 1. The summed E-state index contributed by atoms with van der Waals surface area (Å²) in [4.78, 5) is 28.2. The van der Waals surface area contributed by atoms with Crippen LogP contribution in [0.25, 0.3) is 16.5 Å². The summed E-state index contributed by atoms with van der Waals surface area (Å²) in [6.45, 7) is 0.897. The van der Waals surface area contributed by atoms with E-state index < -0.39 is 17.7 Å². The standard InChI is InChI=1S/C27H24ClNO5/c1-33-17-11-12-22(28)21(14-17)25(30)23-24(20-10-4-7-16-6-2-3-9-19(16)20)29(27(32)26(23)31)15-18-8-5-13-34-18/h2-4,6-7,9-12,14,18,24,30H,5,8,13,15H2,1H3/b25-23+. The van der Waals surface area contributed by atoms with Gasteiger partial charge in [-0.15, -0.1) is 0 Å². The Labute approximate surface area is 202 Å². The third kappa shape index (κ3) is 3.83. The van der Waals surface area contributed by atoms with Crippen molar-refractivity contribution >= 4 is 39.8 Å². The Morgan fingerprint density at radius 2 is 1.94 bits per heavy atom. The van der Waals surface area contributed by atoms with E-state index in [0.29, 0.717) is 12.4 Å². The summed E-state index contributed by atoms with van der Waals surface area (Å²) in [5, 5.41) is 13.5. The minimum Gasteiger partial charge on any atom is -0.507 e. The van der Waals surface area contributed by atoms with E-state index in [1.165, 1.54) is 12.0 Å². The van der Waals surface area contributed by atoms with Gasteiger partial charge < -0.3 is 19.5 Å². The second kappa shape index (κ2) is 9.12. The van der Waals surface area contributed by atoms with Crippen LogP contribution in [0, 0.1) is 0 Å². The number of carbonyl (C=O) groups is 2. The molecule has 2 aliphatic rings. The van der Waals surface area contributed by atoms with Gasteiger partial charge in [-0.1, -0.05) is 54.1 Å². The molecule has 0 radical (unpaired) electrons. The number of Topliss-reactive ketones (excluding diaryl/α,β-unsaturated/α-hetero) is 1. The number of ketones is 1. The number of aliphatic hydroxyl groups is 1. The Balaban J connectivity index is 1.73. The van der Waals surface area contributed by atoms with E-state index in [-0.39, 0.29) is 34.6 Å². The lowest BCUT2D eigenvalue weighted by molar-refractivity contribution is -0.140. The van der Waals surface area contributed by atoms with Crippen molar-refractivity contribution in [3.63, 3.8) is 0 Å². The largest absolute Gasteiger partial charge is 0.507 e. The smallest absolute Gasteiger partial charge is 0.295 e. The first-order valence-corrected chi connectivity index (χ1v) is 11.6. The Morgan fingerprint density at radius 1 is 1.15 bits per heavy atom. The zero-order valence-corrected chi connectivity index (χ0v) is 19.4. The van der Waals surface area contributed by atoms with Crippen LogP contribution in [0.2, 0.25) is 5.02 Å². The van der Waals surface area contributed by atoms with Gasteiger partial charge in [0.15, 0.2) is 0 Å². The molecule has 1 amide bonds. The number of rotatable bonds is 5. The van der Waals surface area contributed by atoms with Gasteiger partial charge in [-0.2, -0.15) is 0 Å². The van der Waals surface area contributed by atoms with Crippen molar-refractivity contribution in [2.24, 2.45) is 0 Å². The predicted octanol–water partition coefficient (Wildman–Crippen LogP) is 5.10. The number of amides is 1. The van der Waals surface area contributed by atoms with Crippen LogP contribution in [0.4, 0.5) is 0 Å². The van der Waals surface area contributed by atoms with Crippen LogP contribution >= 0.6 is 11.6 Å². The first kappa shape index (κ1) is 22.4. The number of hydrogen-bond donors (Lipinski definition) is 1. The van der Waals surface area contributed by atoms with Gasteiger partial charge >= 0.3 is 0 Å². The first-order chi connectivity index (χ1) is 16.5. The van der Waals surface area contributed by atoms with Gasteiger partial charge in [-0.25, -0.2) is 0 Å². The second-order valence-electron chi connectivity index (χ2n) is 8.50. The van der Waals surface area contributed by atoms with Crippen LogP contribution in [-0.2, 0) is 14.3 Å². The van der Waals surface area contributed by atoms with Crippen molar-refractivity contribution in [3.05, 3.63) is 82.4 Å². The van der Waals surface area contributed by atoms with Crippen molar-refractivity contribution in [3.8, 4) is 5.75 Å². The van der Waals surface area contributed by atoms with Crippen LogP contribution < -0.4 is 4.74 Å². The normalized spacial score (nSPS) is 22.0. The molecule has 2 unspecified atom stereocenters. The van der Waals surface area contributed by atoms with Crippen molar-refractivity contribution in [1.29, 1.82) is 0 Å². The maximum atomic E-state index is 13.4. The molecule has 0 bridgehead atoms. The van der Waals surface area contributed by atoms with Crippen LogP contribution in [-0.4, -0.2) is 48.1 Å². The number of ether oxygens (including phenoxy) is 2. The molecule has 3 aromatic rings. The van der Waals surface area contributed by atoms with Gasteiger partial charge in [0, 0.05) is 18.7 Å². The van der Waals surface area contributed by atoms with E-state index in [1.54, 1.807) is 18.2 Å². The number of aliphatic hydroxyl groups excluding tert-OH is 1. The Hall–Kier alpha value is -3.35. The summed E-state index contributed by atoms with van der Waals surface area (Å²) in [5.74, 6) is -1.25. The summed E-state index contributed by atoms with van der Waals surface area (Å²) in [7, 11) is 1.50. The van der Waals surface area contributed by atoms with Gasteiger partial charge in [0.2, 0.25) is 0 Å². The van der Waals surface area contributed by atoms with E-state index >= 15 is 0 Å². The highest BCUT2D eigenvalue weighted by molar-refractivity contribution is 6.47. The molecule has 2 atom stereocenters. The van der Waals surface area contributed by atoms with E-state index in [4.69, 9.17) is 21.1 Å². The molecular weight excluding hydrogens is 454 g/mol. The number of carbonyl (C=O) groups excluding carboxylic acids is 2. The van der Waals surface area contributed by atoms with E-state index in [0.717, 1.165) is 29.2 Å². The van der Waals surface area contributed by atoms with E-state index in [1.807, 2.05) is 42.5 Å². The summed E-state index contributed by atoms with van der Waals surface area (Å²) in [6, 6.07) is 17.6. The van der Waals surface area contributed by atoms with Crippen molar-refractivity contribution in [2.45, 2.75) is 25.0 Å². The fourth-order valence-corrected chi connectivity index (χ4v) is 5.05. The number of hydrogen-bond acceptors (Lipinski definition) is 5. The molecule has 2 aliphatic heterocycles. The van der Waals surface area contributed by atoms with Crippen molar-refractivity contribution in [1.82, 2.24) is 4.90 Å². The molecule has 7 heteroatoms. The van der Waals surface area contributed by atoms with E-state index in [2.05, 4.69) is 0 Å². The number of methoxy groups -OCH3 is 1. The number of halogens is 1. The fraction of sp³-hybridized carbons (Fsp3) is 0.259. The quantitative estimate of drug-likeness (QED) is 0.314. The van der Waals surface area contributed by atoms with Crippen LogP contribution in [0.15, 0.2) is 66.2 Å². The third-order valence-electron chi connectivity index (χ3n) is 6.51. The maximum Gasteiger partial charge on any atom is 0.295 e. The minimum atomic E-state index is -0.780. The molecule has 2 heterocycles. The molecule has 1 N–H and O–H groups in total. The Bertz CT molecular complexity index is 1310. The highest BCUT2D eigenvalue weighted by atomic mass is 35.5. The Morgan fingerprint density at radius 3 is 2.71 bits per heavy atom. The number of benzene rings is 3. The van der Waals surface area contributed by atoms with Crippen LogP contribution in [0.3, 0.4) is 0 Å². The van der Waals surface area contributed by atoms with Gasteiger partial charge in [-0.05, 0) is 47.4 Å². The average molecular weight is 478 g/mol. The third-order valence-corrected chi connectivity index (χ3v) is 6.84. The molecule has 174 valence electrons. The Kier molecular flexibility index (Phi) is 6.02. The zero-order chi connectivity index (χ0) is 23.8. The monoisotopic (exact) mass is 477 g/mol. The molecule has 34 heavy (non-hydrogen) atoms. The molecule has 0 spiro atoms. The molecule has 0 saturated carbocycles. The summed E-state index contributed by atoms with van der Waals surface area (Å²) >= 11 is 6.39. The second-order valence-corrected chi connectivity index (χ2v) is 8.91. The summed E-state index contributed by atoms with van der Waals surface area (Å²) in [6.07, 6.45) is 1.57. The predicted molar refractivity (Wildman–Crippen MR) is 130 cm³/mol. The molecule has 2 saturated heterocycles. The molecule has 6 nitrogen and oxygen atoms in total. The SMILES string of the molecule is COc1ccc(Cl)c(/C(O)=C2\C(=O)C(=O)N(CC3CCCO3)C2c2cccc3ccccc23)c1. The van der Waals surface area contributed by atoms with E-state index in [9.17, 15) is 14.7 Å². The lowest BCUT2D eigenvalue weighted by Gasteiger charge is -2.28. The van der Waals surface area contributed by atoms with Gasteiger partial charge in [0.25, 0.3) is 11.7 Å². The van der Waals surface area contributed by atoms with Crippen molar-refractivity contribution in [2.75, 3.05) is 20.3 Å². The number of likely N-dealkylation sites (tertiary alicyclic amines) is 1. The first-order valence-electron chi connectivity index (χ1n) is 11.2. The van der Waals surface area contributed by atoms with Gasteiger partial charge in [0.05, 0.1) is 29.9 Å². The molecule has 3 aromatic carbocycles.